The van der Waals surface area contributed by atoms with Crippen LogP contribution in [-0.2, 0) is 19.7 Å². The Morgan fingerprint density at radius 2 is 1.48 bits per heavy atom. The highest BCUT2D eigenvalue weighted by atomic mass is 32.3. The summed E-state index contributed by atoms with van der Waals surface area (Å²) in [6, 6.07) is 6.67. The number of fused-ring (bicyclic) bond motifs is 1. The minimum absolute atomic E-state index is 0.124. The van der Waals surface area contributed by atoms with Crippen LogP contribution in [0.3, 0.4) is 0 Å². The van der Waals surface area contributed by atoms with Crippen LogP contribution in [0, 0.1) is 0 Å². The molecular weight excluding hydrogens is 397 g/mol. The number of sulfone groups is 2. The Labute approximate surface area is 137 Å². The van der Waals surface area contributed by atoms with Crippen LogP contribution >= 0.6 is 0 Å². The Morgan fingerprint density at radius 3 is 2.04 bits per heavy atom. The lowest BCUT2D eigenvalue weighted by Crippen LogP contribution is -2.45. The van der Waals surface area contributed by atoms with E-state index in [1.807, 2.05) is 0 Å². The zero-order valence-electron chi connectivity index (χ0n) is 11.9. The average molecular weight is 405 g/mol. The first kappa shape index (κ1) is 19.3. The highest BCUT2D eigenvalue weighted by Gasteiger charge is 2.59. The van der Waals surface area contributed by atoms with Crippen LogP contribution < -0.4 is 0 Å². The van der Waals surface area contributed by atoms with Gasteiger partial charge in [0.2, 0.25) is 9.84 Å². The number of para-hydroxylation sites is 1. The summed E-state index contributed by atoms with van der Waals surface area (Å²) < 4.78 is 110. The lowest BCUT2D eigenvalue weighted by molar-refractivity contribution is -0.0432. The third kappa shape index (κ3) is 3.25. The summed E-state index contributed by atoms with van der Waals surface area (Å²) in [5, 5.41) is -8.04. The van der Waals surface area contributed by atoms with Crippen molar-refractivity contribution >= 4 is 36.5 Å². The molecule has 0 spiro atoms. The molecule has 25 heavy (non-hydrogen) atoms. The molecule has 0 aliphatic heterocycles. The maximum atomic E-state index is 14.0. The molecule has 1 aromatic heterocycles. The predicted octanol–water partition coefficient (Wildman–Crippen LogP) is 2.18. The molecule has 0 bridgehead atoms. The molecule has 0 aliphatic rings. The number of carbonyl (C=O) groups excluding carboxylic acids is 1. The van der Waals surface area contributed by atoms with E-state index in [9.17, 15) is 43.6 Å². The lowest BCUT2D eigenvalue weighted by atomic mass is 10.2. The maximum Gasteiger partial charge on any atom is 0.498 e. The van der Waals surface area contributed by atoms with Crippen LogP contribution in [0.2, 0.25) is 0 Å². The first-order valence-electron chi connectivity index (χ1n) is 6.21. The van der Waals surface area contributed by atoms with Crippen LogP contribution in [0.25, 0.3) is 10.9 Å². The van der Waals surface area contributed by atoms with Crippen LogP contribution in [0.5, 0.6) is 0 Å². The summed E-state index contributed by atoms with van der Waals surface area (Å²) in [5.41, 5.74) is -6.18. The van der Waals surface area contributed by atoms with Crippen molar-refractivity contribution in [3.05, 3.63) is 36.5 Å². The Hall–Kier alpha value is -2.02. The van der Waals surface area contributed by atoms with Crippen molar-refractivity contribution in [2.24, 2.45) is 0 Å². The fourth-order valence-electron chi connectivity index (χ4n) is 1.88. The van der Waals surface area contributed by atoms with E-state index in [0.717, 1.165) is 6.20 Å². The third-order valence-electron chi connectivity index (χ3n) is 3.12. The number of halogens is 5. The number of alkyl halides is 5. The van der Waals surface area contributed by atoms with E-state index in [4.69, 9.17) is 0 Å². The molecule has 13 heteroatoms. The van der Waals surface area contributed by atoms with E-state index < -0.39 is 41.4 Å². The molecule has 0 atom stereocenters. The van der Waals surface area contributed by atoms with E-state index in [0.29, 0.717) is 0 Å². The van der Waals surface area contributed by atoms with Crippen LogP contribution in [-0.4, -0.2) is 43.2 Å². The van der Waals surface area contributed by atoms with E-state index in [2.05, 4.69) is 0 Å². The highest BCUT2D eigenvalue weighted by Crippen LogP contribution is 2.32. The fourth-order valence-corrected chi connectivity index (χ4v) is 5.00. The fraction of sp³-hybridized carbons (Fsp3) is 0.250. The maximum absolute atomic E-state index is 14.0. The largest absolute Gasteiger partial charge is 0.498 e. The van der Waals surface area contributed by atoms with Gasteiger partial charge in [0, 0.05) is 11.6 Å². The smallest absolute Gasteiger partial charge is 0.281 e. The molecule has 0 saturated heterocycles. The van der Waals surface area contributed by atoms with Crippen LogP contribution in [0.1, 0.15) is 4.79 Å². The van der Waals surface area contributed by atoms with Gasteiger partial charge in [0.25, 0.3) is 9.84 Å². The van der Waals surface area contributed by atoms with Gasteiger partial charge in [-0.2, -0.15) is 22.0 Å². The normalized spacial score (nSPS) is 14.0. The second-order valence-electron chi connectivity index (χ2n) is 4.86. The molecule has 0 amide bonds. The van der Waals surface area contributed by atoms with Gasteiger partial charge in [0.15, 0.2) is 5.08 Å². The molecule has 1 aromatic carbocycles. The topological polar surface area (TPSA) is 90.3 Å². The minimum atomic E-state index is -6.41. The summed E-state index contributed by atoms with van der Waals surface area (Å²) in [6.07, 6.45) is 0.800. The van der Waals surface area contributed by atoms with E-state index >= 15 is 0 Å². The molecule has 138 valence electrons. The van der Waals surface area contributed by atoms with Gasteiger partial charge >= 0.3 is 16.7 Å². The number of aromatic nitrogens is 1. The molecule has 0 fully saturated rings. The Balaban J connectivity index is 2.48. The van der Waals surface area contributed by atoms with Crippen molar-refractivity contribution in [2.45, 2.75) is 10.8 Å². The molecular formula is C12H8F5NO5S2. The zero-order chi connectivity index (χ0) is 19.3. The molecule has 0 aliphatic carbocycles. The summed E-state index contributed by atoms with van der Waals surface area (Å²) in [7, 11) is -12.7. The molecule has 0 radical (unpaired) electrons. The number of hydrogen-bond donors (Lipinski definition) is 0. The first-order valence-corrected chi connectivity index (χ1v) is 9.51. The number of benzene rings is 1. The van der Waals surface area contributed by atoms with Gasteiger partial charge in [-0.15, -0.1) is 0 Å². The first-order chi connectivity index (χ1) is 11.2. The molecule has 2 rings (SSSR count). The van der Waals surface area contributed by atoms with Crippen molar-refractivity contribution in [3.8, 4) is 0 Å². The molecule has 0 unspecified atom stereocenters. The van der Waals surface area contributed by atoms with Gasteiger partial charge < -0.3 is 0 Å². The van der Waals surface area contributed by atoms with E-state index in [1.54, 1.807) is 0 Å². The van der Waals surface area contributed by atoms with Gasteiger partial charge in [-0.05, 0) is 12.1 Å². The second kappa shape index (κ2) is 5.76. The van der Waals surface area contributed by atoms with Crippen molar-refractivity contribution < 1.29 is 43.6 Å². The van der Waals surface area contributed by atoms with Crippen molar-refractivity contribution in [2.75, 3.05) is 5.08 Å². The zero-order valence-corrected chi connectivity index (χ0v) is 13.5. The highest BCUT2D eigenvalue weighted by molar-refractivity contribution is 8.09. The summed E-state index contributed by atoms with van der Waals surface area (Å²) in [5.74, 6) is -2.38. The lowest BCUT2D eigenvalue weighted by Gasteiger charge is -2.17. The Kier molecular flexibility index (Phi) is 4.45. The number of hydrogen-bond acceptors (Lipinski definition) is 5. The standard InChI is InChI=1S/C12H8F5NO5S2/c13-11(14,24(20,21)7-25(22,23)12(15,16)17)10(19)18-6-5-8-3-1-2-4-9(8)18/h1-6H,7H2. The van der Waals surface area contributed by atoms with Crippen molar-refractivity contribution in [1.82, 2.24) is 4.57 Å². The van der Waals surface area contributed by atoms with E-state index in [1.165, 1.54) is 30.3 Å². The summed E-state index contributed by atoms with van der Waals surface area (Å²) in [4.78, 5) is 11.9. The van der Waals surface area contributed by atoms with Crippen molar-refractivity contribution in [1.29, 1.82) is 0 Å². The average Bonchev–Trinajstić information content (AvgIpc) is 2.87. The molecule has 0 saturated carbocycles. The summed E-state index contributed by atoms with van der Waals surface area (Å²) >= 11 is 0. The minimum Gasteiger partial charge on any atom is -0.281 e. The van der Waals surface area contributed by atoms with E-state index in [-0.39, 0.29) is 15.5 Å². The number of carbonyl (C=O) groups is 1. The van der Waals surface area contributed by atoms with Crippen LogP contribution in [0.4, 0.5) is 22.0 Å². The Morgan fingerprint density at radius 1 is 0.920 bits per heavy atom. The number of nitrogens with zero attached hydrogens (tertiary/aromatic N) is 1. The summed E-state index contributed by atoms with van der Waals surface area (Å²) in [6.45, 7) is 0. The molecule has 6 nitrogen and oxygen atoms in total. The van der Waals surface area contributed by atoms with Gasteiger partial charge in [0.05, 0.1) is 5.52 Å². The van der Waals surface area contributed by atoms with Crippen molar-refractivity contribution in [3.63, 3.8) is 0 Å². The molecule has 1 heterocycles. The Bertz CT molecular complexity index is 1040. The monoisotopic (exact) mass is 405 g/mol. The van der Waals surface area contributed by atoms with Crippen LogP contribution in [0.15, 0.2) is 36.5 Å². The SMILES string of the molecule is O=C(n1ccc2ccccc21)C(F)(F)S(=O)(=O)CS(=O)(=O)C(F)(F)F. The predicted molar refractivity (Wildman–Crippen MR) is 76.3 cm³/mol. The number of rotatable bonds is 4. The quantitative estimate of drug-likeness (QED) is 0.728. The second-order valence-corrected chi connectivity index (χ2v) is 9.24. The van der Waals surface area contributed by atoms with Gasteiger partial charge in [-0.1, -0.05) is 18.2 Å². The molecule has 2 aromatic rings. The van der Waals surface area contributed by atoms with Gasteiger partial charge in [0.1, 0.15) is 0 Å². The van der Waals surface area contributed by atoms with Gasteiger partial charge in [-0.25, -0.2) is 16.8 Å². The van der Waals surface area contributed by atoms with Gasteiger partial charge in [-0.3, -0.25) is 9.36 Å². The third-order valence-corrected chi connectivity index (χ3v) is 7.26. The molecule has 0 N–H and O–H groups in total.